The van der Waals surface area contributed by atoms with E-state index in [0.29, 0.717) is 57.4 Å². The van der Waals surface area contributed by atoms with Crippen LogP contribution >= 0.6 is 0 Å². The molecule has 0 unspecified atom stereocenters. The van der Waals surface area contributed by atoms with E-state index in [2.05, 4.69) is 0 Å². The number of nitrogens with zero attached hydrogens (tertiary/aromatic N) is 2. The number of carbonyl (C=O) groups is 4. The van der Waals surface area contributed by atoms with Gasteiger partial charge in [-0.05, 0) is 61.8 Å². The maximum Gasteiger partial charge on any atom is 0.405 e. The van der Waals surface area contributed by atoms with Crippen molar-refractivity contribution >= 4 is 23.5 Å². The lowest BCUT2D eigenvalue weighted by Gasteiger charge is -2.32. The van der Waals surface area contributed by atoms with E-state index >= 15 is 0 Å². The number of aryl methyl sites for hydroxylation is 1. The van der Waals surface area contributed by atoms with Crippen LogP contribution in [0, 0.1) is 5.92 Å². The van der Waals surface area contributed by atoms with Crippen LogP contribution < -0.4 is 10.1 Å². The van der Waals surface area contributed by atoms with Crippen LogP contribution in [-0.4, -0.2) is 78.3 Å². The highest BCUT2D eigenvalue weighted by atomic mass is 19.4. The van der Waals surface area contributed by atoms with Crippen LogP contribution in [0.15, 0.2) is 54.6 Å². The first-order chi connectivity index (χ1) is 21.0. The number of alkyl halides is 3. The lowest BCUT2D eigenvalue weighted by Crippen LogP contribution is -2.51. The lowest BCUT2D eigenvalue weighted by molar-refractivity contribution is -0.148. The van der Waals surface area contributed by atoms with Crippen molar-refractivity contribution in [3.05, 3.63) is 65.7 Å². The van der Waals surface area contributed by atoms with Crippen LogP contribution in [0.25, 0.3) is 0 Å². The molecular weight excluding hydrogens is 575 g/mol. The van der Waals surface area contributed by atoms with Crippen LogP contribution in [0.1, 0.15) is 56.1 Å². The van der Waals surface area contributed by atoms with Gasteiger partial charge in [0, 0.05) is 38.8 Å². The maximum atomic E-state index is 14.0. The topological polar surface area (TPSA) is 96.0 Å². The van der Waals surface area contributed by atoms with Gasteiger partial charge >= 0.3 is 6.18 Å². The minimum absolute atomic E-state index is 0.115. The largest absolute Gasteiger partial charge is 0.494 e. The summed E-state index contributed by atoms with van der Waals surface area (Å²) < 4.78 is 44.7. The molecule has 0 aliphatic carbocycles. The number of likely N-dealkylation sites (tertiary alicyclic amines) is 1. The van der Waals surface area contributed by atoms with Gasteiger partial charge in [0.05, 0.1) is 12.6 Å². The third-order valence-electron chi connectivity index (χ3n) is 8.33. The molecule has 44 heavy (non-hydrogen) atoms. The molecule has 1 saturated heterocycles. The Labute approximate surface area is 255 Å². The molecule has 2 aliphatic heterocycles. The molecule has 11 heteroatoms. The number of likely N-dealkylation sites (N-methyl/N-ethyl adjacent to an activating group) is 1. The summed E-state index contributed by atoms with van der Waals surface area (Å²) in [6.45, 7) is -0.772. The second-order valence-corrected chi connectivity index (χ2v) is 11.6. The second kappa shape index (κ2) is 15.2. The molecular formula is C33H40F3N3O5. The molecule has 0 spiro atoms. The van der Waals surface area contributed by atoms with E-state index in [1.165, 1.54) is 11.9 Å². The molecule has 1 N–H and O–H groups in total. The lowest BCUT2D eigenvalue weighted by atomic mass is 9.88. The molecule has 3 amide bonds. The van der Waals surface area contributed by atoms with Crippen molar-refractivity contribution in [1.82, 2.24) is 15.1 Å². The average molecular weight is 616 g/mol. The first-order valence-corrected chi connectivity index (χ1v) is 15.2. The van der Waals surface area contributed by atoms with Gasteiger partial charge in [-0.1, -0.05) is 42.5 Å². The van der Waals surface area contributed by atoms with E-state index in [1.807, 2.05) is 53.8 Å². The van der Waals surface area contributed by atoms with Crippen LogP contribution in [0.2, 0.25) is 0 Å². The fourth-order valence-corrected chi connectivity index (χ4v) is 5.94. The van der Waals surface area contributed by atoms with Crippen LogP contribution in [-0.2, 0) is 32.0 Å². The molecule has 0 aromatic heterocycles. The summed E-state index contributed by atoms with van der Waals surface area (Å²) in [5.41, 5.74) is 1.79. The monoisotopic (exact) mass is 615 g/mol. The predicted molar refractivity (Wildman–Crippen MR) is 158 cm³/mol. The molecule has 2 heterocycles. The Morgan fingerprint density at radius 1 is 1.00 bits per heavy atom. The molecule has 0 saturated carbocycles. The average Bonchev–Trinajstić information content (AvgIpc) is 3.43. The Morgan fingerprint density at radius 2 is 1.77 bits per heavy atom. The molecule has 0 radical (unpaired) electrons. The fraction of sp³-hybridized carbons (Fsp3) is 0.515. The van der Waals surface area contributed by atoms with Crippen molar-refractivity contribution in [3.63, 3.8) is 0 Å². The number of ether oxygens (including phenoxy) is 1. The number of nitrogens with one attached hydrogen (secondary N) is 1. The first kappa shape index (κ1) is 33.0. The summed E-state index contributed by atoms with van der Waals surface area (Å²) in [5, 5.41) is 1.93. The summed E-state index contributed by atoms with van der Waals surface area (Å²) >= 11 is 0. The number of Topliss-reactive ketones (excluding diaryl/α,β-unsaturated/α-hetero) is 1. The third-order valence-corrected chi connectivity index (χ3v) is 8.33. The quantitative estimate of drug-likeness (QED) is 0.517. The van der Waals surface area contributed by atoms with Crippen molar-refractivity contribution in [3.8, 4) is 5.75 Å². The Bertz CT molecular complexity index is 1300. The zero-order chi connectivity index (χ0) is 31.7. The smallest absolute Gasteiger partial charge is 0.405 e. The van der Waals surface area contributed by atoms with E-state index < -0.39 is 42.5 Å². The van der Waals surface area contributed by atoms with Gasteiger partial charge in [-0.2, -0.15) is 13.2 Å². The van der Waals surface area contributed by atoms with Crippen molar-refractivity contribution in [1.29, 1.82) is 0 Å². The van der Waals surface area contributed by atoms with Crippen molar-refractivity contribution in [2.45, 2.75) is 76.0 Å². The zero-order valence-corrected chi connectivity index (χ0v) is 25.0. The zero-order valence-electron chi connectivity index (χ0n) is 25.0. The van der Waals surface area contributed by atoms with Gasteiger partial charge in [0.1, 0.15) is 18.3 Å². The van der Waals surface area contributed by atoms with Gasteiger partial charge in [-0.25, -0.2) is 0 Å². The second-order valence-electron chi connectivity index (χ2n) is 11.6. The number of fused-ring (bicyclic) bond motifs is 2. The van der Waals surface area contributed by atoms with Gasteiger partial charge in [0.15, 0.2) is 5.78 Å². The van der Waals surface area contributed by atoms with Crippen LogP contribution in [0.5, 0.6) is 5.75 Å². The number of ketones is 1. The van der Waals surface area contributed by atoms with E-state index in [9.17, 15) is 32.3 Å². The number of amides is 3. The standard InChI is InChI=1S/C33H40F3N3O5/c1-38-27(31(42)37-22-33(34,35)36)13-5-6-18-44-26-12-7-11-24(19-26)20-28(39-17-8-14-30(39)41)29(40)21-25(32(38)43)16-15-23-9-3-2-4-10-23/h2-4,7,9-12,19,25,27-28H,5-6,8,13-18,20-22H2,1H3,(H,37,42)/t25-,27+,28+/m1/s1. The predicted octanol–water partition coefficient (Wildman–Crippen LogP) is 4.50. The highest BCUT2D eigenvalue weighted by Gasteiger charge is 2.38. The Kier molecular flexibility index (Phi) is 11.4. The summed E-state index contributed by atoms with van der Waals surface area (Å²) in [6.07, 6.45) is -1.69. The summed E-state index contributed by atoms with van der Waals surface area (Å²) in [7, 11) is 1.41. The minimum atomic E-state index is -4.61. The van der Waals surface area contributed by atoms with Gasteiger partial charge in [-0.3, -0.25) is 19.2 Å². The van der Waals surface area contributed by atoms with E-state index in [1.54, 1.807) is 11.0 Å². The maximum absolute atomic E-state index is 14.0. The van der Waals surface area contributed by atoms with Gasteiger partial charge < -0.3 is 19.9 Å². The molecule has 1 fully saturated rings. The Hall–Kier alpha value is -3.89. The SMILES string of the molecule is CN1C(=O)[C@H](CCc2ccccc2)CC(=O)[C@@H](N2CCCC2=O)Cc2cccc(c2)OCCCC[C@H]1C(=O)NCC(F)(F)F. The number of halogens is 3. The Balaban J connectivity index is 1.66. The highest BCUT2D eigenvalue weighted by Crippen LogP contribution is 2.26. The van der Waals surface area contributed by atoms with E-state index in [-0.39, 0.29) is 31.0 Å². The molecule has 2 aromatic carbocycles. The van der Waals surface area contributed by atoms with Crippen molar-refractivity contribution in [2.24, 2.45) is 5.92 Å². The summed E-state index contributed by atoms with van der Waals surface area (Å²) in [5.74, 6) is -2.01. The normalized spacial score (nSPS) is 22.5. The van der Waals surface area contributed by atoms with Crippen molar-refractivity contribution in [2.75, 3.05) is 26.7 Å². The molecule has 3 atom stereocenters. The third kappa shape index (κ3) is 9.30. The van der Waals surface area contributed by atoms with Gasteiger partial charge in [0.2, 0.25) is 17.7 Å². The molecule has 4 rings (SSSR count). The van der Waals surface area contributed by atoms with E-state index in [0.717, 1.165) is 11.1 Å². The molecule has 238 valence electrons. The van der Waals surface area contributed by atoms with Crippen LogP contribution in [0.3, 0.4) is 0 Å². The first-order valence-electron chi connectivity index (χ1n) is 15.2. The van der Waals surface area contributed by atoms with Crippen molar-refractivity contribution < 1.29 is 37.1 Å². The molecule has 2 bridgehead atoms. The minimum Gasteiger partial charge on any atom is -0.494 e. The molecule has 2 aromatic rings. The highest BCUT2D eigenvalue weighted by molar-refractivity contribution is 5.94. The van der Waals surface area contributed by atoms with E-state index in [4.69, 9.17) is 4.74 Å². The summed E-state index contributed by atoms with van der Waals surface area (Å²) in [4.78, 5) is 56.7. The van der Waals surface area contributed by atoms with Crippen LogP contribution in [0.4, 0.5) is 13.2 Å². The number of rotatable bonds is 6. The number of carbonyl (C=O) groups excluding carboxylic acids is 4. The van der Waals surface area contributed by atoms with Gasteiger partial charge in [0.25, 0.3) is 0 Å². The summed E-state index contributed by atoms with van der Waals surface area (Å²) in [6, 6.07) is 14.9. The number of benzene rings is 2. The number of hydrogen-bond acceptors (Lipinski definition) is 5. The molecule has 2 aliphatic rings. The fourth-order valence-electron chi connectivity index (χ4n) is 5.94. The molecule has 8 nitrogen and oxygen atoms in total. The van der Waals surface area contributed by atoms with Gasteiger partial charge in [-0.15, -0.1) is 0 Å². The number of hydrogen-bond donors (Lipinski definition) is 1. The Morgan fingerprint density at radius 3 is 2.48 bits per heavy atom.